The summed E-state index contributed by atoms with van der Waals surface area (Å²) in [5.41, 5.74) is 2.62. The largest absolute Gasteiger partial charge is 0.396 e. The monoisotopic (exact) mass is 288 g/mol. The molecule has 3 rings (SSSR count). The van der Waals surface area contributed by atoms with E-state index in [-0.39, 0.29) is 5.41 Å². The van der Waals surface area contributed by atoms with E-state index in [0.717, 1.165) is 37.7 Å². The summed E-state index contributed by atoms with van der Waals surface area (Å²) in [4.78, 5) is 7.08. The molecule has 1 aromatic heterocycles. The SMILES string of the molecule is CCc1ccc(CN2CCC[C@](CO)(CC3CC3)C2)nc1. The zero-order valence-electron chi connectivity index (χ0n) is 13.2. The van der Waals surface area contributed by atoms with Crippen molar-refractivity contribution in [3.8, 4) is 0 Å². The zero-order chi connectivity index (χ0) is 14.7. The van der Waals surface area contributed by atoms with E-state index >= 15 is 0 Å². The van der Waals surface area contributed by atoms with Crippen molar-refractivity contribution in [1.29, 1.82) is 0 Å². The Labute approximate surface area is 128 Å². The van der Waals surface area contributed by atoms with Gasteiger partial charge in [0, 0.05) is 31.3 Å². The Bertz CT molecular complexity index is 455. The lowest BCUT2D eigenvalue weighted by Crippen LogP contribution is -2.45. The molecule has 3 nitrogen and oxygen atoms in total. The standard InChI is InChI=1S/C18H28N2O/c1-2-15-6-7-17(19-11-15)12-20-9-3-8-18(13-20,14-21)10-16-4-5-16/h6-7,11,16,21H,2-5,8-10,12-14H2,1H3/t18-/m0/s1. The normalized spacial score (nSPS) is 27.0. The van der Waals surface area contributed by atoms with E-state index in [2.05, 4.69) is 28.9 Å². The molecule has 2 fully saturated rings. The molecule has 1 aromatic rings. The van der Waals surface area contributed by atoms with Gasteiger partial charge in [-0.3, -0.25) is 9.88 Å². The van der Waals surface area contributed by atoms with Gasteiger partial charge >= 0.3 is 0 Å². The highest BCUT2D eigenvalue weighted by Crippen LogP contribution is 2.44. The molecule has 0 bridgehead atoms. The zero-order valence-corrected chi connectivity index (χ0v) is 13.2. The lowest BCUT2D eigenvalue weighted by Gasteiger charge is -2.42. The smallest absolute Gasteiger partial charge is 0.0544 e. The average molecular weight is 288 g/mol. The molecule has 116 valence electrons. The van der Waals surface area contributed by atoms with Crippen LogP contribution in [0.25, 0.3) is 0 Å². The van der Waals surface area contributed by atoms with Crippen LogP contribution in [-0.4, -0.2) is 34.7 Å². The van der Waals surface area contributed by atoms with Crippen LogP contribution in [0, 0.1) is 11.3 Å². The summed E-state index contributed by atoms with van der Waals surface area (Å²) < 4.78 is 0. The average Bonchev–Trinajstić information content (AvgIpc) is 3.32. The Hall–Kier alpha value is -0.930. The number of piperidine rings is 1. The Balaban J connectivity index is 1.61. The summed E-state index contributed by atoms with van der Waals surface area (Å²) in [5, 5.41) is 9.93. The molecule has 0 aromatic carbocycles. The van der Waals surface area contributed by atoms with Crippen molar-refractivity contribution in [3.63, 3.8) is 0 Å². The maximum atomic E-state index is 9.93. The van der Waals surface area contributed by atoms with Gasteiger partial charge in [0.15, 0.2) is 0 Å². The number of rotatable bonds is 6. The first-order valence-corrected chi connectivity index (χ1v) is 8.50. The number of aliphatic hydroxyl groups excluding tert-OH is 1. The second-order valence-corrected chi connectivity index (χ2v) is 7.13. The van der Waals surface area contributed by atoms with Crippen LogP contribution in [0.15, 0.2) is 18.3 Å². The Morgan fingerprint density at radius 3 is 2.86 bits per heavy atom. The van der Waals surface area contributed by atoms with E-state index in [1.807, 2.05) is 6.20 Å². The van der Waals surface area contributed by atoms with E-state index in [4.69, 9.17) is 0 Å². The van der Waals surface area contributed by atoms with E-state index in [9.17, 15) is 5.11 Å². The van der Waals surface area contributed by atoms with Crippen molar-refractivity contribution >= 4 is 0 Å². The van der Waals surface area contributed by atoms with Gasteiger partial charge in [0.05, 0.1) is 5.69 Å². The van der Waals surface area contributed by atoms with Gasteiger partial charge in [-0.1, -0.05) is 25.8 Å². The Morgan fingerprint density at radius 2 is 2.24 bits per heavy atom. The van der Waals surface area contributed by atoms with Gasteiger partial charge in [-0.05, 0) is 49.8 Å². The minimum atomic E-state index is 0.156. The molecule has 3 heteroatoms. The number of aliphatic hydroxyl groups is 1. The molecule has 2 heterocycles. The van der Waals surface area contributed by atoms with Gasteiger partial charge in [0.2, 0.25) is 0 Å². The van der Waals surface area contributed by atoms with E-state index in [1.54, 1.807) is 0 Å². The van der Waals surface area contributed by atoms with Gasteiger partial charge in [0.1, 0.15) is 0 Å². The fourth-order valence-electron chi connectivity index (χ4n) is 3.73. The van der Waals surface area contributed by atoms with Crippen LogP contribution >= 0.6 is 0 Å². The molecular weight excluding hydrogens is 260 g/mol. The molecule has 1 saturated carbocycles. The summed E-state index contributed by atoms with van der Waals surface area (Å²) in [7, 11) is 0. The lowest BCUT2D eigenvalue weighted by atomic mass is 9.76. The maximum Gasteiger partial charge on any atom is 0.0544 e. The first-order chi connectivity index (χ1) is 10.2. The highest BCUT2D eigenvalue weighted by Gasteiger charge is 2.39. The summed E-state index contributed by atoms with van der Waals surface area (Å²) in [6.45, 7) is 5.62. The third-order valence-corrected chi connectivity index (χ3v) is 5.17. The quantitative estimate of drug-likeness (QED) is 0.874. The minimum Gasteiger partial charge on any atom is -0.396 e. The number of hydrogen-bond acceptors (Lipinski definition) is 3. The number of hydrogen-bond donors (Lipinski definition) is 1. The van der Waals surface area contributed by atoms with Crippen LogP contribution in [0.2, 0.25) is 0 Å². The minimum absolute atomic E-state index is 0.156. The molecule has 0 unspecified atom stereocenters. The third kappa shape index (κ3) is 3.83. The fourth-order valence-corrected chi connectivity index (χ4v) is 3.73. The molecule has 1 N–H and O–H groups in total. The van der Waals surface area contributed by atoms with E-state index in [1.165, 1.54) is 37.7 Å². The van der Waals surface area contributed by atoms with Crippen LogP contribution in [0.1, 0.15) is 50.3 Å². The molecule has 1 atom stereocenters. The molecular formula is C18H28N2O. The molecule has 1 aliphatic carbocycles. The Kier molecular flexibility index (Phi) is 4.60. The first-order valence-electron chi connectivity index (χ1n) is 8.50. The number of nitrogens with zero attached hydrogens (tertiary/aromatic N) is 2. The van der Waals surface area contributed by atoms with Crippen LogP contribution in [0.5, 0.6) is 0 Å². The van der Waals surface area contributed by atoms with Crippen molar-refractivity contribution in [2.75, 3.05) is 19.7 Å². The maximum absolute atomic E-state index is 9.93. The van der Waals surface area contributed by atoms with Gasteiger partial charge in [-0.15, -0.1) is 0 Å². The van der Waals surface area contributed by atoms with E-state index < -0.39 is 0 Å². The number of aromatic nitrogens is 1. The van der Waals surface area contributed by atoms with Gasteiger partial charge in [-0.25, -0.2) is 0 Å². The molecule has 0 radical (unpaired) electrons. The first kappa shape index (κ1) is 15.0. The highest BCUT2D eigenvalue weighted by atomic mass is 16.3. The van der Waals surface area contributed by atoms with Crippen molar-refractivity contribution in [2.24, 2.45) is 11.3 Å². The third-order valence-electron chi connectivity index (χ3n) is 5.17. The number of aryl methyl sites for hydroxylation is 1. The summed E-state index contributed by atoms with van der Waals surface area (Å²) >= 11 is 0. The summed E-state index contributed by atoms with van der Waals surface area (Å²) in [5.74, 6) is 0.888. The predicted octanol–water partition coefficient (Wildman–Crippen LogP) is 3.02. The number of likely N-dealkylation sites (tertiary alicyclic amines) is 1. The van der Waals surface area contributed by atoms with E-state index in [0.29, 0.717) is 6.61 Å². The van der Waals surface area contributed by atoms with Crippen LogP contribution in [-0.2, 0) is 13.0 Å². The summed E-state index contributed by atoms with van der Waals surface area (Å²) in [6, 6.07) is 4.35. The van der Waals surface area contributed by atoms with Crippen LogP contribution in [0.4, 0.5) is 0 Å². The summed E-state index contributed by atoms with van der Waals surface area (Å²) in [6.07, 6.45) is 9.43. The van der Waals surface area contributed by atoms with Crippen LogP contribution in [0.3, 0.4) is 0 Å². The highest BCUT2D eigenvalue weighted by molar-refractivity contribution is 5.14. The number of pyridine rings is 1. The molecule has 1 saturated heterocycles. The second-order valence-electron chi connectivity index (χ2n) is 7.13. The van der Waals surface area contributed by atoms with Gasteiger partial charge < -0.3 is 5.11 Å². The van der Waals surface area contributed by atoms with Crippen molar-refractivity contribution < 1.29 is 5.11 Å². The second kappa shape index (κ2) is 6.45. The van der Waals surface area contributed by atoms with Gasteiger partial charge in [-0.2, -0.15) is 0 Å². The van der Waals surface area contributed by atoms with Crippen LogP contribution < -0.4 is 0 Å². The molecule has 0 amide bonds. The van der Waals surface area contributed by atoms with Gasteiger partial charge in [0.25, 0.3) is 0 Å². The molecule has 2 aliphatic rings. The molecule has 0 spiro atoms. The Morgan fingerprint density at radius 1 is 1.38 bits per heavy atom. The van der Waals surface area contributed by atoms with Crippen molar-refractivity contribution in [2.45, 2.75) is 52.0 Å². The topological polar surface area (TPSA) is 36.4 Å². The molecule has 21 heavy (non-hydrogen) atoms. The van der Waals surface area contributed by atoms with Crippen molar-refractivity contribution in [1.82, 2.24) is 9.88 Å². The molecule has 1 aliphatic heterocycles. The predicted molar refractivity (Wildman–Crippen MR) is 85.0 cm³/mol. The lowest BCUT2D eigenvalue weighted by molar-refractivity contribution is 0.0175. The van der Waals surface area contributed by atoms with Crippen molar-refractivity contribution in [3.05, 3.63) is 29.6 Å². The fraction of sp³-hybridized carbons (Fsp3) is 0.722.